The van der Waals surface area contributed by atoms with Gasteiger partial charge in [-0.05, 0) is 84.6 Å². The highest BCUT2D eigenvalue weighted by Gasteiger charge is 2.09. The third-order valence-corrected chi connectivity index (χ3v) is 5.49. The van der Waals surface area contributed by atoms with Crippen LogP contribution in [0, 0.1) is 0 Å². The topological polar surface area (TPSA) is 68.2 Å². The molecule has 0 bridgehead atoms. The van der Waals surface area contributed by atoms with E-state index in [-0.39, 0.29) is 23.7 Å². The van der Waals surface area contributed by atoms with Crippen molar-refractivity contribution in [2.45, 2.75) is 26.1 Å². The van der Waals surface area contributed by atoms with Crippen molar-refractivity contribution in [1.82, 2.24) is 0 Å². The Morgan fingerprint density at radius 2 is 0.771 bits per heavy atom. The maximum Gasteiger partial charge on any atom is 0.119 e. The summed E-state index contributed by atoms with van der Waals surface area (Å²) >= 11 is 0. The third kappa shape index (κ3) is 7.01. The van der Waals surface area contributed by atoms with Gasteiger partial charge in [0.25, 0.3) is 0 Å². The van der Waals surface area contributed by atoms with Crippen LogP contribution >= 0.6 is 0 Å². The van der Waals surface area contributed by atoms with E-state index in [2.05, 4.69) is 0 Å². The van der Waals surface area contributed by atoms with Gasteiger partial charge in [-0.1, -0.05) is 48.5 Å². The molecule has 4 aromatic rings. The van der Waals surface area contributed by atoms with Crippen LogP contribution in [0.5, 0.6) is 23.0 Å². The van der Waals surface area contributed by atoms with E-state index in [9.17, 15) is 10.2 Å². The minimum Gasteiger partial charge on any atom is -0.508 e. The lowest BCUT2D eigenvalue weighted by molar-refractivity contribution is 0.0188. The average Bonchev–Trinajstić information content (AvgIpc) is 2.86. The van der Waals surface area contributed by atoms with Crippen LogP contribution in [0.25, 0.3) is 22.3 Å². The molecule has 0 spiro atoms. The second kappa shape index (κ2) is 11.4. The van der Waals surface area contributed by atoms with Gasteiger partial charge in [-0.2, -0.15) is 0 Å². The van der Waals surface area contributed by atoms with Crippen molar-refractivity contribution in [3.63, 3.8) is 0 Å². The molecule has 5 nitrogen and oxygen atoms in total. The standard InChI is InChI=1S/C30H30O5/c1-21(34-29-15-7-25(8-16-29)23-3-11-27(31)12-4-23)19-33-20-22(2)35-30-17-9-26(10-18-30)24-5-13-28(32)14-6-24/h3-18,21-22,31-32H,19-20H2,1-2H3. The molecule has 0 heterocycles. The summed E-state index contributed by atoms with van der Waals surface area (Å²) in [6.07, 6.45) is -0.211. The molecule has 2 N–H and O–H groups in total. The summed E-state index contributed by atoms with van der Waals surface area (Å²) < 4.78 is 17.7. The van der Waals surface area contributed by atoms with Gasteiger partial charge >= 0.3 is 0 Å². The molecule has 0 aromatic heterocycles. The van der Waals surface area contributed by atoms with Crippen LogP contribution in [0.2, 0.25) is 0 Å². The Morgan fingerprint density at radius 1 is 0.486 bits per heavy atom. The van der Waals surface area contributed by atoms with E-state index in [4.69, 9.17) is 14.2 Å². The summed E-state index contributed by atoms with van der Waals surface area (Å²) in [5, 5.41) is 18.9. The number of aromatic hydroxyl groups is 2. The van der Waals surface area contributed by atoms with Crippen molar-refractivity contribution in [1.29, 1.82) is 0 Å². The van der Waals surface area contributed by atoms with Gasteiger partial charge < -0.3 is 24.4 Å². The monoisotopic (exact) mass is 470 g/mol. The molecule has 2 unspecified atom stereocenters. The Balaban J connectivity index is 1.19. The number of hydrogen-bond acceptors (Lipinski definition) is 5. The zero-order chi connectivity index (χ0) is 24.6. The molecule has 0 fully saturated rings. The SMILES string of the molecule is CC(COCC(C)Oc1ccc(-c2ccc(O)cc2)cc1)Oc1ccc(-c2ccc(O)cc2)cc1. The highest BCUT2D eigenvalue weighted by molar-refractivity contribution is 5.65. The molecule has 5 heteroatoms. The molecule has 35 heavy (non-hydrogen) atoms. The predicted molar refractivity (Wildman–Crippen MR) is 138 cm³/mol. The Labute approximate surface area is 206 Å². The zero-order valence-corrected chi connectivity index (χ0v) is 19.9. The van der Waals surface area contributed by atoms with Crippen molar-refractivity contribution in [3.8, 4) is 45.3 Å². The number of benzene rings is 4. The third-order valence-electron chi connectivity index (χ3n) is 5.49. The largest absolute Gasteiger partial charge is 0.508 e. The fourth-order valence-electron chi connectivity index (χ4n) is 3.69. The summed E-state index contributed by atoms with van der Waals surface area (Å²) in [6, 6.07) is 30.0. The van der Waals surface area contributed by atoms with E-state index in [1.54, 1.807) is 24.3 Å². The van der Waals surface area contributed by atoms with Crippen LogP contribution in [-0.4, -0.2) is 35.6 Å². The highest BCUT2D eigenvalue weighted by atomic mass is 16.6. The Bertz CT molecular complexity index is 1090. The molecule has 0 aliphatic rings. The molecule has 0 radical (unpaired) electrons. The van der Waals surface area contributed by atoms with Crippen LogP contribution in [0.4, 0.5) is 0 Å². The van der Waals surface area contributed by atoms with Gasteiger partial charge in [-0.3, -0.25) is 0 Å². The predicted octanol–water partition coefficient (Wildman–Crippen LogP) is 6.68. The molecule has 0 amide bonds. The molecule has 0 saturated carbocycles. The quantitative estimate of drug-likeness (QED) is 0.270. The van der Waals surface area contributed by atoms with Crippen LogP contribution in [-0.2, 0) is 4.74 Å². The van der Waals surface area contributed by atoms with E-state index < -0.39 is 0 Å². The first-order valence-electron chi connectivity index (χ1n) is 11.7. The lowest BCUT2D eigenvalue weighted by Crippen LogP contribution is -2.25. The summed E-state index contributed by atoms with van der Waals surface area (Å²) in [4.78, 5) is 0. The molecule has 180 valence electrons. The number of ether oxygens (including phenoxy) is 3. The fourth-order valence-corrected chi connectivity index (χ4v) is 3.69. The molecule has 0 aliphatic carbocycles. The first kappa shape index (κ1) is 24.2. The van der Waals surface area contributed by atoms with Crippen LogP contribution in [0.3, 0.4) is 0 Å². The van der Waals surface area contributed by atoms with Gasteiger partial charge in [0.2, 0.25) is 0 Å². The minimum atomic E-state index is -0.105. The summed E-state index contributed by atoms with van der Waals surface area (Å²) in [5.41, 5.74) is 4.19. The van der Waals surface area contributed by atoms with Crippen molar-refractivity contribution in [2.24, 2.45) is 0 Å². The Kier molecular flexibility index (Phi) is 7.91. The van der Waals surface area contributed by atoms with Crippen LogP contribution in [0.1, 0.15) is 13.8 Å². The number of phenols is 2. The van der Waals surface area contributed by atoms with Gasteiger partial charge in [0.15, 0.2) is 0 Å². The van der Waals surface area contributed by atoms with E-state index in [0.29, 0.717) is 13.2 Å². The van der Waals surface area contributed by atoms with E-state index >= 15 is 0 Å². The van der Waals surface area contributed by atoms with Crippen molar-refractivity contribution in [2.75, 3.05) is 13.2 Å². The molecule has 4 rings (SSSR count). The highest BCUT2D eigenvalue weighted by Crippen LogP contribution is 2.26. The van der Waals surface area contributed by atoms with E-state index in [1.165, 1.54) is 0 Å². The molecule has 4 aromatic carbocycles. The Hall–Kier alpha value is -3.96. The minimum absolute atomic E-state index is 0.105. The summed E-state index contributed by atoms with van der Waals surface area (Å²) in [7, 11) is 0. The van der Waals surface area contributed by atoms with Gasteiger partial charge in [0.05, 0.1) is 13.2 Å². The number of rotatable bonds is 10. The first-order valence-corrected chi connectivity index (χ1v) is 11.7. The van der Waals surface area contributed by atoms with E-state index in [0.717, 1.165) is 33.8 Å². The van der Waals surface area contributed by atoms with Crippen molar-refractivity contribution < 1.29 is 24.4 Å². The second-order valence-electron chi connectivity index (χ2n) is 8.54. The van der Waals surface area contributed by atoms with Gasteiger partial charge in [0, 0.05) is 0 Å². The maximum absolute atomic E-state index is 9.44. The lowest BCUT2D eigenvalue weighted by atomic mass is 10.1. The normalized spacial score (nSPS) is 12.6. The zero-order valence-electron chi connectivity index (χ0n) is 19.9. The lowest BCUT2D eigenvalue weighted by Gasteiger charge is -2.18. The molecule has 0 saturated heterocycles. The molecular formula is C30H30O5. The Morgan fingerprint density at radius 3 is 1.09 bits per heavy atom. The van der Waals surface area contributed by atoms with Gasteiger partial charge in [-0.15, -0.1) is 0 Å². The number of phenolic OH excluding ortho intramolecular Hbond substituents is 2. The number of hydrogen-bond donors (Lipinski definition) is 2. The molecule has 0 aliphatic heterocycles. The van der Waals surface area contributed by atoms with Crippen molar-refractivity contribution >= 4 is 0 Å². The van der Waals surface area contributed by atoms with Gasteiger partial charge in [0.1, 0.15) is 35.2 Å². The summed E-state index contributed by atoms with van der Waals surface area (Å²) in [6.45, 7) is 4.85. The van der Waals surface area contributed by atoms with Crippen LogP contribution in [0.15, 0.2) is 97.1 Å². The molecular weight excluding hydrogens is 440 g/mol. The van der Waals surface area contributed by atoms with E-state index in [1.807, 2.05) is 86.6 Å². The average molecular weight is 471 g/mol. The molecule has 2 atom stereocenters. The summed E-state index contributed by atoms with van der Waals surface area (Å²) in [5.74, 6) is 2.07. The second-order valence-corrected chi connectivity index (χ2v) is 8.54. The van der Waals surface area contributed by atoms with Crippen molar-refractivity contribution in [3.05, 3.63) is 97.1 Å². The smallest absolute Gasteiger partial charge is 0.119 e. The fraction of sp³-hybridized carbons (Fsp3) is 0.200. The van der Waals surface area contributed by atoms with Gasteiger partial charge in [-0.25, -0.2) is 0 Å². The maximum atomic E-state index is 9.44. The first-order chi connectivity index (χ1) is 17.0. The van der Waals surface area contributed by atoms with Crippen LogP contribution < -0.4 is 9.47 Å².